The molecular weight excluding hydrogens is 509 g/mol. The van der Waals surface area contributed by atoms with E-state index in [0.717, 1.165) is 29.7 Å². The molecule has 1 aromatic heterocycles. The van der Waals surface area contributed by atoms with Gasteiger partial charge in [0, 0.05) is 18.8 Å². The number of nitrogens with one attached hydrogen (secondary N) is 1. The summed E-state index contributed by atoms with van der Waals surface area (Å²) in [5, 5.41) is 15.3. The molecule has 35 heavy (non-hydrogen) atoms. The van der Waals surface area contributed by atoms with Crippen molar-refractivity contribution in [3.63, 3.8) is 0 Å². The highest BCUT2D eigenvalue weighted by atomic mass is 32.2. The summed E-state index contributed by atoms with van der Waals surface area (Å²) >= 11 is 0.809. The van der Waals surface area contributed by atoms with Crippen molar-refractivity contribution in [1.29, 1.82) is 0 Å². The Bertz CT molecular complexity index is 1210. The highest BCUT2D eigenvalue weighted by molar-refractivity contribution is 7.92. The second kappa shape index (κ2) is 10.4. The molecule has 0 bridgehead atoms. The summed E-state index contributed by atoms with van der Waals surface area (Å²) in [7, 11) is -2.91. The van der Waals surface area contributed by atoms with E-state index in [4.69, 9.17) is 4.74 Å². The number of esters is 1. The van der Waals surface area contributed by atoms with E-state index in [1.807, 2.05) is 23.6 Å². The van der Waals surface area contributed by atoms with Crippen molar-refractivity contribution in [3.05, 3.63) is 22.7 Å². The van der Waals surface area contributed by atoms with Crippen LogP contribution in [0.25, 0.3) is 0 Å². The molecule has 0 saturated heterocycles. The van der Waals surface area contributed by atoms with Crippen LogP contribution in [0.5, 0.6) is 0 Å². The number of rotatable bonds is 8. The Morgan fingerprint density at radius 3 is 2.66 bits per heavy atom. The van der Waals surface area contributed by atoms with Gasteiger partial charge in [0.05, 0.1) is 11.8 Å². The first-order valence-electron chi connectivity index (χ1n) is 10.7. The number of hydrogen-bond donors (Lipinski definition) is 1. The minimum atomic E-state index is -4.92. The lowest BCUT2D eigenvalue weighted by Gasteiger charge is -2.36. The number of aromatic nitrogens is 2. The fourth-order valence-corrected chi connectivity index (χ4v) is 5.17. The van der Waals surface area contributed by atoms with Gasteiger partial charge in [-0.05, 0) is 50.8 Å². The van der Waals surface area contributed by atoms with Crippen molar-refractivity contribution < 1.29 is 31.1 Å². The van der Waals surface area contributed by atoms with Crippen molar-refractivity contribution in [2.24, 2.45) is 10.2 Å². The Morgan fingerprint density at radius 2 is 2.03 bits per heavy atom. The zero-order valence-electron chi connectivity index (χ0n) is 19.5. The van der Waals surface area contributed by atoms with Crippen LogP contribution in [0.1, 0.15) is 49.0 Å². The summed E-state index contributed by atoms with van der Waals surface area (Å²) in [5.74, 6) is -2.72. The van der Waals surface area contributed by atoms with Gasteiger partial charge in [-0.25, -0.2) is 13.2 Å². The van der Waals surface area contributed by atoms with E-state index >= 15 is 0 Å². The van der Waals surface area contributed by atoms with Crippen molar-refractivity contribution in [2.75, 3.05) is 22.4 Å². The van der Waals surface area contributed by atoms with Crippen LogP contribution in [0.15, 0.2) is 22.4 Å². The predicted molar refractivity (Wildman–Crippen MR) is 125 cm³/mol. The SMILES string of the molecule is CCC1CCc2cc(N=Nc3nnc(C(=O)OC(C)C)s3)c(NS(=O)(=O)CC(F)(F)F)cc2N1C. The van der Waals surface area contributed by atoms with Gasteiger partial charge in [0.15, 0.2) is 5.75 Å². The number of azo groups is 1. The molecule has 1 N–H and O–H groups in total. The van der Waals surface area contributed by atoms with Gasteiger partial charge in [0.1, 0.15) is 5.69 Å². The number of carbonyl (C=O) groups excluding carboxylic acids is 1. The number of halogens is 3. The van der Waals surface area contributed by atoms with Gasteiger partial charge in [-0.3, -0.25) is 4.72 Å². The van der Waals surface area contributed by atoms with Gasteiger partial charge >= 0.3 is 12.1 Å². The van der Waals surface area contributed by atoms with Crippen LogP contribution in [0.4, 0.5) is 35.4 Å². The first-order chi connectivity index (χ1) is 16.3. The molecule has 0 saturated carbocycles. The van der Waals surface area contributed by atoms with E-state index in [1.54, 1.807) is 19.9 Å². The normalized spacial score (nSPS) is 16.6. The molecule has 1 aliphatic rings. The maximum absolute atomic E-state index is 12.8. The van der Waals surface area contributed by atoms with E-state index in [2.05, 4.69) is 20.4 Å². The van der Waals surface area contributed by atoms with Gasteiger partial charge in [0.2, 0.25) is 15.0 Å². The molecule has 1 aliphatic heterocycles. The lowest BCUT2D eigenvalue weighted by Crippen LogP contribution is -2.35. The van der Waals surface area contributed by atoms with E-state index < -0.39 is 27.9 Å². The number of sulfonamides is 1. The summed E-state index contributed by atoms with van der Waals surface area (Å²) in [6.45, 7) is 5.38. The Kier molecular flexibility index (Phi) is 7.99. The quantitative estimate of drug-likeness (QED) is 0.374. The van der Waals surface area contributed by atoms with Crippen LogP contribution < -0.4 is 9.62 Å². The molecule has 1 aromatic carbocycles. The summed E-state index contributed by atoms with van der Waals surface area (Å²) in [5.41, 5.74) is 1.41. The zero-order chi connectivity index (χ0) is 26.0. The molecule has 15 heteroatoms. The molecule has 10 nitrogen and oxygen atoms in total. The summed E-state index contributed by atoms with van der Waals surface area (Å²) in [6, 6.07) is 3.26. The van der Waals surface area contributed by atoms with Crippen molar-refractivity contribution in [3.8, 4) is 0 Å². The Labute approximate surface area is 204 Å². The molecular formula is C20H25F3N6O4S2. The number of benzene rings is 1. The molecule has 0 amide bonds. The summed E-state index contributed by atoms with van der Waals surface area (Å²) in [6.07, 6.45) is -2.89. The monoisotopic (exact) mass is 534 g/mol. The van der Waals surface area contributed by atoms with Crippen LogP contribution in [0.3, 0.4) is 0 Å². The third-order valence-corrected chi connectivity index (χ3v) is 7.16. The number of hydrogen-bond acceptors (Lipinski definition) is 10. The van der Waals surface area contributed by atoms with Crippen LogP contribution in [0, 0.1) is 0 Å². The predicted octanol–water partition coefficient (Wildman–Crippen LogP) is 4.98. The molecule has 0 fully saturated rings. The number of anilines is 2. The Morgan fingerprint density at radius 1 is 1.31 bits per heavy atom. The average Bonchev–Trinajstić information content (AvgIpc) is 3.20. The summed E-state index contributed by atoms with van der Waals surface area (Å²) in [4.78, 5) is 13.9. The Hall–Kier alpha value is -2.81. The average molecular weight is 535 g/mol. The first-order valence-corrected chi connectivity index (χ1v) is 13.2. The van der Waals surface area contributed by atoms with Gasteiger partial charge in [0.25, 0.3) is 5.13 Å². The standard InChI is InChI=1S/C20H25F3N6O4S2/c1-5-13-7-6-12-8-14(24-26-19-27-25-17(34-19)18(30)33-11(2)3)15(9-16(12)29(13)4)28-35(31,32)10-20(21,22)23/h8-9,11,13,28H,5-7,10H2,1-4H3. The van der Waals surface area contributed by atoms with Crippen LogP contribution >= 0.6 is 11.3 Å². The minimum absolute atomic E-state index is 0.00862. The molecule has 2 heterocycles. The van der Waals surface area contributed by atoms with Crippen molar-refractivity contribution >= 4 is 49.5 Å². The number of nitrogens with zero attached hydrogens (tertiary/aromatic N) is 5. The first kappa shape index (κ1) is 26.8. The highest BCUT2D eigenvalue weighted by Gasteiger charge is 2.36. The molecule has 0 aliphatic carbocycles. The zero-order valence-corrected chi connectivity index (χ0v) is 21.1. The number of carbonyl (C=O) groups is 1. The van der Waals surface area contributed by atoms with E-state index in [1.165, 1.54) is 6.07 Å². The van der Waals surface area contributed by atoms with E-state index in [-0.39, 0.29) is 33.7 Å². The molecule has 192 valence electrons. The second-order valence-corrected chi connectivity index (χ2v) is 10.9. The van der Waals surface area contributed by atoms with Gasteiger partial charge in [-0.1, -0.05) is 18.3 Å². The maximum atomic E-state index is 12.8. The van der Waals surface area contributed by atoms with E-state index in [0.29, 0.717) is 12.1 Å². The summed E-state index contributed by atoms with van der Waals surface area (Å²) < 4.78 is 69.8. The van der Waals surface area contributed by atoms with Gasteiger partial charge < -0.3 is 9.64 Å². The number of ether oxygens (including phenoxy) is 1. The van der Waals surface area contributed by atoms with Gasteiger partial charge in [-0.2, -0.15) is 13.2 Å². The minimum Gasteiger partial charge on any atom is -0.458 e. The van der Waals surface area contributed by atoms with Crippen LogP contribution in [-0.2, 0) is 21.2 Å². The number of alkyl halides is 3. The largest absolute Gasteiger partial charge is 0.458 e. The lowest BCUT2D eigenvalue weighted by atomic mass is 9.94. The van der Waals surface area contributed by atoms with Crippen LogP contribution in [-0.4, -0.2) is 55.7 Å². The second-order valence-electron chi connectivity index (χ2n) is 8.23. The molecule has 2 aromatic rings. The molecule has 1 atom stereocenters. The fourth-order valence-electron chi connectivity index (χ4n) is 3.62. The maximum Gasteiger partial charge on any atom is 0.404 e. The smallest absolute Gasteiger partial charge is 0.404 e. The molecule has 1 unspecified atom stereocenters. The van der Waals surface area contributed by atoms with Crippen molar-refractivity contribution in [1.82, 2.24) is 10.2 Å². The Balaban J connectivity index is 1.97. The number of fused-ring (bicyclic) bond motifs is 1. The number of aryl methyl sites for hydroxylation is 1. The fraction of sp³-hybridized carbons (Fsp3) is 0.550. The third kappa shape index (κ3) is 7.10. The van der Waals surface area contributed by atoms with E-state index in [9.17, 15) is 26.4 Å². The van der Waals surface area contributed by atoms with Crippen LogP contribution in [0.2, 0.25) is 0 Å². The molecule has 0 spiro atoms. The van der Waals surface area contributed by atoms with Crippen molar-refractivity contribution in [2.45, 2.75) is 58.4 Å². The lowest BCUT2D eigenvalue weighted by molar-refractivity contribution is -0.106. The molecule has 3 rings (SSSR count). The third-order valence-electron chi connectivity index (χ3n) is 5.14. The molecule has 0 radical (unpaired) electrons. The van der Waals surface area contributed by atoms with Gasteiger partial charge in [-0.15, -0.1) is 20.4 Å². The topological polar surface area (TPSA) is 126 Å². The highest BCUT2D eigenvalue weighted by Crippen LogP contribution is 2.40.